The summed E-state index contributed by atoms with van der Waals surface area (Å²) < 4.78 is 11.5. The third-order valence-electron chi connectivity index (χ3n) is 4.37. The highest BCUT2D eigenvalue weighted by atomic mass is 16.5. The molecule has 142 valence electrons. The molecule has 0 atom stereocenters. The Balaban J connectivity index is 1.49. The first-order valence-electron chi connectivity index (χ1n) is 9.18. The largest absolute Gasteiger partial charge is 0.494 e. The topological polar surface area (TPSA) is 64.6 Å². The minimum atomic E-state index is -0.494. The number of hydrogen-bond donors (Lipinski definition) is 1. The van der Waals surface area contributed by atoms with Crippen LogP contribution in [0.4, 0.5) is 5.69 Å². The molecular formula is C22H25NO4. The Morgan fingerprint density at radius 1 is 1.19 bits per heavy atom. The van der Waals surface area contributed by atoms with Crippen molar-refractivity contribution in [3.8, 4) is 11.5 Å². The molecular weight excluding hydrogens is 342 g/mol. The number of fused-ring (bicyclic) bond motifs is 1. The predicted molar refractivity (Wildman–Crippen MR) is 105 cm³/mol. The molecule has 0 unspecified atom stereocenters. The number of ketones is 1. The average molecular weight is 367 g/mol. The lowest BCUT2D eigenvalue weighted by molar-refractivity contribution is -0.116. The fraction of sp³-hybridized carbons (Fsp3) is 0.364. The molecule has 5 heteroatoms. The van der Waals surface area contributed by atoms with Crippen LogP contribution in [0.1, 0.15) is 49.0 Å². The van der Waals surface area contributed by atoms with Gasteiger partial charge >= 0.3 is 0 Å². The van der Waals surface area contributed by atoms with E-state index in [1.165, 1.54) is 5.56 Å². The summed E-state index contributed by atoms with van der Waals surface area (Å²) in [5, 5.41) is 2.84. The number of rotatable bonds is 6. The highest BCUT2D eigenvalue weighted by Gasteiger charge is 2.32. The second kappa shape index (κ2) is 7.82. The van der Waals surface area contributed by atoms with E-state index in [9.17, 15) is 9.59 Å². The summed E-state index contributed by atoms with van der Waals surface area (Å²) in [6, 6.07) is 13.0. The molecule has 0 spiro atoms. The Morgan fingerprint density at radius 2 is 1.93 bits per heavy atom. The van der Waals surface area contributed by atoms with Crippen LogP contribution in [0.3, 0.4) is 0 Å². The quantitative estimate of drug-likeness (QED) is 0.762. The molecule has 2 aromatic rings. The molecule has 0 radical (unpaired) electrons. The van der Waals surface area contributed by atoms with E-state index in [1.807, 2.05) is 45.0 Å². The van der Waals surface area contributed by atoms with E-state index in [2.05, 4.69) is 5.32 Å². The molecule has 2 aromatic carbocycles. The molecule has 0 saturated heterocycles. The minimum Gasteiger partial charge on any atom is -0.494 e. The van der Waals surface area contributed by atoms with Crippen molar-refractivity contribution in [2.24, 2.45) is 0 Å². The molecule has 5 nitrogen and oxygen atoms in total. The van der Waals surface area contributed by atoms with Gasteiger partial charge in [-0.15, -0.1) is 0 Å². The maximum absolute atomic E-state index is 12.3. The molecule has 0 saturated carbocycles. The van der Waals surface area contributed by atoms with Crippen molar-refractivity contribution < 1.29 is 19.1 Å². The Bertz CT molecular complexity index is 840. The molecule has 1 N–H and O–H groups in total. The monoisotopic (exact) mass is 367 g/mol. The normalized spacial score (nSPS) is 14.9. The second-order valence-corrected chi connectivity index (χ2v) is 7.49. The molecule has 1 amide bonds. The first kappa shape index (κ1) is 19.0. The number of amides is 1. The molecule has 0 fully saturated rings. The molecule has 0 aliphatic carbocycles. The minimum absolute atomic E-state index is 0.0313. The number of hydrogen-bond acceptors (Lipinski definition) is 4. The maximum Gasteiger partial charge on any atom is 0.224 e. The van der Waals surface area contributed by atoms with Crippen LogP contribution >= 0.6 is 0 Å². The fourth-order valence-corrected chi connectivity index (χ4v) is 3.01. The van der Waals surface area contributed by atoms with Gasteiger partial charge in [0.1, 0.15) is 17.1 Å². The zero-order chi connectivity index (χ0) is 19.4. The van der Waals surface area contributed by atoms with Crippen LogP contribution in [-0.2, 0) is 4.79 Å². The number of nitrogens with one attached hydrogen (secondary N) is 1. The summed E-state index contributed by atoms with van der Waals surface area (Å²) in [4.78, 5) is 24.4. The Hall–Kier alpha value is -2.82. The van der Waals surface area contributed by atoms with Gasteiger partial charge in [0.2, 0.25) is 5.91 Å². The summed E-state index contributed by atoms with van der Waals surface area (Å²) in [5.41, 5.74) is 1.82. The Kier molecular flexibility index (Phi) is 5.49. The number of benzene rings is 2. The van der Waals surface area contributed by atoms with E-state index in [4.69, 9.17) is 9.47 Å². The zero-order valence-electron chi connectivity index (χ0n) is 16.0. The van der Waals surface area contributed by atoms with Gasteiger partial charge < -0.3 is 14.8 Å². The van der Waals surface area contributed by atoms with Gasteiger partial charge in [0.25, 0.3) is 0 Å². The van der Waals surface area contributed by atoms with Gasteiger partial charge in [-0.1, -0.05) is 17.7 Å². The van der Waals surface area contributed by atoms with Crippen LogP contribution < -0.4 is 14.8 Å². The number of ether oxygens (including phenoxy) is 2. The molecule has 0 bridgehead atoms. The van der Waals surface area contributed by atoms with E-state index in [-0.39, 0.29) is 11.7 Å². The lowest BCUT2D eigenvalue weighted by atomic mass is 9.93. The molecule has 1 heterocycles. The van der Waals surface area contributed by atoms with Crippen LogP contribution in [-0.4, -0.2) is 23.9 Å². The average Bonchev–Trinajstić information content (AvgIpc) is 2.60. The number of carbonyl (C=O) groups is 2. The van der Waals surface area contributed by atoms with E-state index in [1.54, 1.807) is 18.2 Å². The Morgan fingerprint density at radius 3 is 2.67 bits per heavy atom. The molecule has 1 aliphatic heterocycles. The third kappa shape index (κ3) is 5.09. The van der Waals surface area contributed by atoms with Gasteiger partial charge in [0, 0.05) is 12.1 Å². The summed E-state index contributed by atoms with van der Waals surface area (Å²) in [5.74, 6) is 1.30. The van der Waals surface area contributed by atoms with E-state index in [0.29, 0.717) is 42.9 Å². The SMILES string of the molecule is Cc1ccc(OCCCC(=O)Nc2ccc3c(c2)C(=O)CC(C)(C)O3)cc1. The number of anilines is 1. The highest BCUT2D eigenvalue weighted by Crippen LogP contribution is 2.34. The van der Waals surface area contributed by atoms with Crippen molar-refractivity contribution in [1.82, 2.24) is 0 Å². The van der Waals surface area contributed by atoms with Crippen molar-refractivity contribution >= 4 is 17.4 Å². The molecule has 27 heavy (non-hydrogen) atoms. The van der Waals surface area contributed by atoms with Gasteiger partial charge in [-0.25, -0.2) is 0 Å². The van der Waals surface area contributed by atoms with Crippen LogP contribution in [0.2, 0.25) is 0 Å². The first-order chi connectivity index (χ1) is 12.8. The van der Waals surface area contributed by atoms with Gasteiger partial charge in [0.05, 0.1) is 18.6 Å². The summed E-state index contributed by atoms with van der Waals surface area (Å²) in [6.07, 6.45) is 1.29. The maximum atomic E-state index is 12.3. The van der Waals surface area contributed by atoms with Gasteiger partial charge in [0.15, 0.2) is 5.78 Å². The van der Waals surface area contributed by atoms with Crippen LogP contribution in [0.25, 0.3) is 0 Å². The molecule has 0 aromatic heterocycles. The van der Waals surface area contributed by atoms with E-state index < -0.39 is 5.60 Å². The molecule has 1 aliphatic rings. The van der Waals surface area contributed by atoms with Crippen molar-refractivity contribution in [2.75, 3.05) is 11.9 Å². The van der Waals surface area contributed by atoms with Crippen molar-refractivity contribution in [1.29, 1.82) is 0 Å². The fourth-order valence-electron chi connectivity index (χ4n) is 3.01. The standard InChI is InChI=1S/C22H25NO4/c1-15-6-9-17(10-7-15)26-12-4-5-21(25)23-16-8-11-20-18(13-16)19(24)14-22(2,3)27-20/h6-11,13H,4-5,12,14H2,1-3H3,(H,23,25). The van der Waals surface area contributed by atoms with Gasteiger partial charge in [-0.2, -0.15) is 0 Å². The summed E-state index contributed by atoms with van der Waals surface area (Å²) >= 11 is 0. The number of carbonyl (C=O) groups excluding carboxylic acids is 2. The zero-order valence-corrected chi connectivity index (χ0v) is 16.0. The van der Waals surface area contributed by atoms with Crippen LogP contribution in [0.5, 0.6) is 11.5 Å². The predicted octanol–water partition coefficient (Wildman–Crippen LogP) is 4.54. The second-order valence-electron chi connectivity index (χ2n) is 7.49. The lowest BCUT2D eigenvalue weighted by Crippen LogP contribution is -2.35. The van der Waals surface area contributed by atoms with Crippen molar-refractivity contribution in [3.05, 3.63) is 53.6 Å². The van der Waals surface area contributed by atoms with E-state index in [0.717, 1.165) is 5.75 Å². The summed E-state index contributed by atoms with van der Waals surface area (Å²) in [6.45, 7) is 6.28. The first-order valence-corrected chi connectivity index (χ1v) is 9.18. The van der Waals surface area contributed by atoms with Gasteiger partial charge in [-0.3, -0.25) is 9.59 Å². The summed E-state index contributed by atoms with van der Waals surface area (Å²) in [7, 11) is 0. The highest BCUT2D eigenvalue weighted by molar-refractivity contribution is 6.02. The Labute approximate surface area is 159 Å². The van der Waals surface area contributed by atoms with Crippen LogP contribution in [0, 0.1) is 6.92 Å². The number of aryl methyl sites for hydroxylation is 1. The lowest BCUT2D eigenvalue weighted by Gasteiger charge is -2.31. The van der Waals surface area contributed by atoms with Crippen LogP contribution in [0.15, 0.2) is 42.5 Å². The smallest absolute Gasteiger partial charge is 0.224 e. The molecule has 3 rings (SSSR count). The number of Topliss-reactive ketones (excluding diaryl/α,β-unsaturated/α-hetero) is 1. The van der Waals surface area contributed by atoms with Crippen molar-refractivity contribution in [2.45, 2.75) is 45.6 Å². The third-order valence-corrected chi connectivity index (χ3v) is 4.37. The van der Waals surface area contributed by atoms with E-state index >= 15 is 0 Å². The van der Waals surface area contributed by atoms with Crippen molar-refractivity contribution in [3.63, 3.8) is 0 Å². The van der Waals surface area contributed by atoms with Gasteiger partial charge in [-0.05, 0) is 57.5 Å².